The lowest BCUT2D eigenvalue weighted by Gasteiger charge is -2.27. The van der Waals surface area contributed by atoms with E-state index >= 15 is 0 Å². The van der Waals surface area contributed by atoms with Gasteiger partial charge in [-0.2, -0.15) is 5.10 Å². The maximum Gasteiger partial charge on any atom is 0.0492 e. The van der Waals surface area contributed by atoms with E-state index < -0.39 is 0 Å². The third kappa shape index (κ3) is 1.95. The van der Waals surface area contributed by atoms with Gasteiger partial charge in [0.05, 0.1) is 0 Å². The lowest BCUT2D eigenvalue weighted by atomic mass is 9.88. The zero-order chi connectivity index (χ0) is 12.4. The Bertz CT molecular complexity index is 530. The van der Waals surface area contributed by atoms with E-state index in [-0.39, 0.29) is 0 Å². The summed E-state index contributed by atoms with van der Waals surface area (Å²) in [5.74, 6) is 0.434. The first-order valence-corrected chi connectivity index (χ1v) is 6.70. The average molecular weight is 241 g/mol. The molecule has 1 unspecified atom stereocenters. The van der Waals surface area contributed by atoms with Crippen molar-refractivity contribution in [1.29, 1.82) is 0 Å². The number of hydrogen-bond donors (Lipinski definition) is 1. The van der Waals surface area contributed by atoms with Crippen molar-refractivity contribution in [3.05, 3.63) is 53.3 Å². The van der Waals surface area contributed by atoms with Gasteiger partial charge in [-0.05, 0) is 23.6 Å². The van der Waals surface area contributed by atoms with Crippen LogP contribution in [0.4, 0.5) is 0 Å². The lowest BCUT2D eigenvalue weighted by molar-refractivity contribution is 0.519. The molecule has 1 atom stereocenters. The van der Waals surface area contributed by atoms with E-state index in [9.17, 15) is 0 Å². The number of benzene rings is 1. The molecule has 0 spiro atoms. The van der Waals surface area contributed by atoms with E-state index in [1.165, 1.54) is 16.8 Å². The number of hydrogen-bond acceptors (Lipinski definition) is 2. The third-order valence-corrected chi connectivity index (χ3v) is 3.64. The van der Waals surface area contributed by atoms with Gasteiger partial charge < -0.3 is 5.32 Å². The molecule has 0 bridgehead atoms. The number of nitrogens with zero attached hydrogens (tertiary/aromatic N) is 2. The van der Waals surface area contributed by atoms with Crippen molar-refractivity contribution in [3.8, 4) is 0 Å². The van der Waals surface area contributed by atoms with Crippen molar-refractivity contribution in [3.63, 3.8) is 0 Å². The Morgan fingerprint density at radius 2 is 2.22 bits per heavy atom. The van der Waals surface area contributed by atoms with Crippen LogP contribution in [0.15, 0.2) is 36.5 Å². The zero-order valence-corrected chi connectivity index (χ0v) is 10.8. The van der Waals surface area contributed by atoms with E-state index in [0.29, 0.717) is 5.92 Å². The van der Waals surface area contributed by atoms with Gasteiger partial charge >= 0.3 is 0 Å². The van der Waals surface area contributed by atoms with E-state index in [2.05, 4.69) is 52.4 Å². The molecular weight excluding hydrogens is 222 g/mol. The first-order valence-electron chi connectivity index (χ1n) is 6.70. The molecule has 0 radical (unpaired) electrons. The molecular formula is C15H19N3. The Kier molecular flexibility index (Phi) is 3.15. The summed E-state index contributed by atoms with van der Waals surface area (Å²) < 4.78 is 2.15. The summed E-state index contributed by atoms with van der Waals surface area (Å²) in [5.41, 5.74) is 4.20. The predicted octanol–water partition coefficient (Wildman–Crippen LogP) is 2.53. The van der Waals surface area contributed by atoms with Crippen LogP contribution in [0.2, 0.25) is 0 Å². The predicted molar refractivity (Wildman–Crippen MR) is 72.5 cm³/mol. The van der Waals surface area contributed by atoms with Crippen LogP contribution < -0.4 is 5.32 Å². The summed E-state index contributed by atoms with van der Waals surface area (Å²) in [5, 5.41) is 7.95. The molecule has 0 amide bonds. The maximum atomic E-state index is 4.44. The Balaban J connectivity index is 2.00. The molecule has 3 heteroatoms. The van der Waals surface area contributed by atoms with E-state index in [1.807, 2.05) is 6.20 Å². The van der Waals surface area contributed by atoms with Crippen LogP contribution in [0.25, 0.3) is 0 Å². The highest BCUT2D eigenvalue weighted by Gasteiger charge is 2.23. The second-order valence-electron chi connectivity index (χ2n) is 4.86. The second kappa shape index (κ2) is 4.94. The Labute approximate surface area is 108 Å². The van der Waals surface area contributed by atoms with Gasteiger partial charge in [-0.15, -0.1) is 0 Å². The molecule has 0 fully saturated rings. The molecule has 2 heterocycles. The number of fused-ring (bicyclic) bond motifs is 1. The van der Waals surface area contributed by atoms with Gasteiger partial charge in [0.2, 0.25) is 0 Å². The highest BCUT2D eigenvalue weighted by molar-refractivity contribution is 5.38. The van der Waals surface area contributed by atoms with Gasteiger partial charge in [0.1, 0.15) is 0 Å². The van der Waals surface area contributed by atoms with Gasteiger partial charge in [-0.25, -0.2) is 0 Å². The minimum absolute atomic E-state index is 0.434. The molecule has 3 rings (SSSR count). The number of nitrogens with one attached hydrogen (secondary N) is 1. The van der Waals surface area contributed by atoms with Crippen LogP contribution in [0.3, 0.4) is 0 Å². The van der Waals surface area contributed by atoms with Crippen LogP contribution in [-0.2, 0) is 13.1 Å². The molecule has 3 nitrogen and oxygen atoms in total. The summed E-state index contributed by atoms with van der Waals surface area (Å²) in [7, 11) is 0. The molecule has 1 aliphatic rings. The number of aromatic nitrogens is 2. The monoisotopic (exact) mass is 241 g/mol. The van der Waals surface area contributed by atoms with Crippen molar-refractivity contribution in [2.45, 2.75) is 32.4 Å². The molecule has 0 saturated heterocycles. The minimum atomic E-state index is 0.434. The zero-order valence-electron chi connectivity index (χ0n) is 10.8. The van der Waals surface area contributed by atoms with Crippen LogP contribution >= 0.6 is 0 Å². The molecule has 1 aromatic heterocycles. The van der Waals surface area contributed by atoms with Gasteiger partial charge in [0.15, 0.2) is 0 Å². The van der Waals surface area contributed by atoms with Crippen molar-refractivity contribution < 1.29 is 0 Å². The first kappa shape index (κ1) is 11.5. The quantitative estimate of drug-likeness (QED) is 0.895. The maximum absolute atomic E-state index is 4.44. The minimum Gasteiger partial charge on any atom is -0.312 e. The summed E-state index contributed by atoms with van der Waals surface area (Å²) in [6.07, 6.45) is 3.04. The fourth-order valence-electron chi connectivity index (χ4n) is 2.80. The molecule has 1 N–H and O–H groups in total. The fraction of sp³-hybridized carbons (Fsp3) is 0.400. The van der Waals surface area contributed by atoms with Crippen molar-refractivity contribution in [2.75, 3.05) is 6.54 Å². The van der Waals surface area contributed by atoms with Crippen LogP contribution in [-0.4, -0.2) is 16.3 Å². The Morgan fingerprint density at radius 1 is 1.33 bits per heavy atom. The number of aryl methyl sites for hydroxylation is 1. The van der Waals surface area contributed by atoms with E-state index in [0.717, 1.165) is 26.1 Å². The van der Waals surface area contributed by atoms with Gasteiger partial charge in [-0.3, -0.25) is 4.68 Å². The second-order valence-corrected chi connectivity index (χ2v) is 4.86. The molecule has 18 heavy (non-hydrogen) atoms. The number of rotatable bonds is 3. The molecule has 94 valence electrons. The first-order chi connectivity index (χ1) is 8.90. The highest BCUT2D eigenvalue weighted by Crippen LogP contribution is 2.29. The molecule has 0 aliphatic carbocycles. The van der Waals surface area contributed by atoms with Crippen LogP contribution in [0.5, 0.6) is 0 Å². The Hall–Kier alpha value is -1.61. The standard InChI is InChI=1S/C15H19N3/c1-2-9-18-15(7-8-17-18)14-11-16-10-12-5-3-4-6-13(12)14/h3-8,14,16H,2,9-11H2,1H3. The summed E-state index contributed by atoms with van der Waals surface area (Å²) >= 11 is 0. The summed E-state index contributed by atoms with van der Waals surface area (Å²) in [4.78, 5) is 0. The van der Waals surface area contributed by atoms with Gasteiger partial charge in [-0.1, -0.05) is 31.2 Å². The van der Waals surface area contributed by atoms with Crippen LogP contribution in [0.1, 0.15) is 36.1 Å². The summed E-state index contributed by atoms with van der Waals surface area (Å²) in [6, 6.07) is 10.9. The third-order valence-electron chi connectivity index (χ3n) is 3.64. The van der Waals surface area contributed by atoms with Crippen molar-refractivity contribution in [1.82, 2.24) is 15.1 Å². The molecule has 2 aromatic rings. The SMILES string of the molecule is CCCn1nccc1C1CNCc2ccccc21. The molecule has 1 aliphatic heterocycles. The average Bonchev–Trinajstić information content (AvgIpc) is 2.87. The van der Waals surface area contributed by atoms with Crippen LogP contribution in [0, 0.1) is 0 Å². The van der Waals surface area contributed by atoms with Gasteiger partial charge in [0.25, 0.3) is 0 Å². The smallest absolute Gasteiger partial charge is 0.0492 e. The van der Waals surface area contributed by atoms with E-state index in [1.54, 1.807) is 0 Å². The van der Waals surface area contributed by atoms with Gasteiger partial charge in [0, 0.05) is 37.4 Å². The van der Waals surface area contributed by atoms with E-state index in [4.69, 9.17) is 0 Å². The fourth-order valence-corrected chi connectivity index (χ4v) is 2.80. The Morgan fingerprint density at radius 3 is 3.11 bits per heavy atom. The lowest BCUT2D eigenvalue weighted by Crippen LogP contribution is -2.30. The normalized spacial score (nSPS) is 18.6. The highest BCUT2D eigenvalue weighted by atomic mass is 15.3. The largest absolute Gasteiger partial charge is 0.312 e. The molecule has 1 aromatic carbocycles. The molecule has 0 saturated carbocycles. The summed E-state index contributed by atoms with van der Waals surface area (Å²) in [6.45, 7) is 5.18. The van der Waals surface area contributed by atoms with Crippen molar-refractivity contribution in [2.24, 2.45) is 0 Å². The van der Waals surface area contributed by atoms with Crippen molar-refractivity contribution >= 4 is 0 Å². The topological polar surface area (TPSA) is 29.9 Å².